The summed E-state index contributed by atoms with van der Waals surface area (Å²) in [6.45, 7) is 20.0. The van der Waals surface area contributed by atoms with Gasteiger partial charge in [0, 0.05) is 50.9 Å². The molecule has 0 amide bonds. The number of aliphatic hydroxyl groups excluding tert-OH is 2. The van der Waals surface area contributed by atoms with Crippen molar-refractivity contribution in [2.45, 2.75) is 205 Å². The number of aromatic nitrogens is 1. The van der Waals surface area contributed by atoms with Crippen LogP contribution in [0.3, 0.4) is 0 Å². The Hall–Kier alpha value is -3.35. The summed E-state index contributed by atoms with van der Waals surface area (Å²) in [6.07, 6.45) is -5.58. The Morgan fingerprint density at radius 2 is 1.65 bits per heavy atom. The lowest BCUT2D eigenvalue weighted by molar-refractivity contribution is -0.321. The van der Waals surface area contributed by atoms with E-state index in [-0.39, 0.29) is 56.1 Å². The van der Waals surface area contributed by atoms with Crippen LogP contribution in [-0.4, -0.2) is 203 Å². The van der Waals surface area contributed by atoms with Gasteiger partial charge in [-0.15, -0.1) is 0 Å². The summed E-state index contributed by atoms with van der Waals surface area (Å²) in [5, 5.41) is 58.1. The van der Waals surface area contributed by atoms with Crippen LogP contribution in [0.1, 0.15) is 117 Å². The first-order valence-electron chi connectivity index (χ1n) is 27.0. The first-order valence-corrected chi connectivity index (χ1v) is 27.0. The SMILES string of the molecule is CC[C@H]1OC(=O)[C@H](C)[C@@H](O[C@H]2C[C@@](C)(OC)[C@@H](OCCOCCCc3cc4c5c(c3)c(=O)c(C(=O)O)cn5CCO4)[C@H](C)O2)[C@H](C)[C@@H](O[C@@H]2O[C@H](C)C[C@H](N(C)C)[C@H]2O)[C@](C)(O)C[C@@H](C)CN(C)[C@H](C)[C@@H](O)[C@]1(C)O. The molecule has 20 heteroatoms. The highest BCUT2D eigenvalue weighted by Gasteiger charge is 2.53. The monoisotopic (exact) mass is 1060 g/mol. The van der Waals surface area contributed by atoms with Crippen LogP contribution in [-0.2, 0) is 55.7 Å². The fourth-order valence-corrected chi connectivity index (χ4v) is 12.1. The molecule has 0 radical (unpaired) electrons. The standard InChI is InChI=1S/C55H89N3O17/c1-15-41-55(10,66)47(61)34(6)57(13)28-30(2)26-53(8,65)48(75-52-45(60)39(56(11)12)23-31(3)71-52)32(4)46(33(5)51(64)73-41)74-42-27-54(9,67-14)49(35(7)72-42)70-22-21-68-19-16-17-36-24-37-43-40(25-36)69-20-18-58(43)29-38(44(37)59)50(62)63/h24-25,29-35,39,41-42,45-49,52,60-61,65-66H,15-23,26-28H2,1-14H3,(H,62,63)/t30-,31-,32+,33-,34-,35+,39+,41-,42+,45-,46+,47-,48-,49+,52+,53-,54-,55-/m1/s1. The zero-order valence-electron chi connectivity index (χ0n) is 46.9. The smallest absolute Gasteiger partial charge is 0.341 e. The van der Waals surface area contributed by atoms with E-state index in [0.29, 0.717) is 62.2 Å². The van der Waals surface area contributed by atoms with E-state index >= 15 is 0 Å². The van der Waals surface area contributed by atoms with Gasteiger partial charge in [-0.2, -0.15) is 0 Å². The molecule has 1 aromatic heterocycles. The summed E-state index contributed by atoms with van der Waals surface area (Å²) in [5.41, 5.74) is -3.81. The molecule has 0 spiro atoms. The Balaban J connectivity index is 1.19. The number of rotatable bonds is 16. The maximum atomic E-state index is 14.6. The van der Waals surface area contributed by atoms with Gasteiger partial charge in [-0.1, -0.05) is 20.8 Å². The highest BCUT2D eigenvalue weighted by atomic mass is 16.7. The Labute approximate surface area is 442 Å². The molecule has 0 bridgehead atoms. The van der Waals surface area contributed by atoms with Crippen LogP contribution in [0, 0.1) is 17.8 Å². The van der Waals surface area contributed by atoms with Gasteiger partial charge in [0.25, 0.3) is 0 Å². The van der Waals surface area contributed by atoms with Gasteiger partial charge in [-0.25, -0.2) is 4.79 Å². The fourth-order valence-electron chi connectivity index (χ4n) is 12.1. The summed E-state index contributed by atoms with van der Waals surface area (Å²) < 4.78 is 59.1. The average molecular weight is 1060 g/mol. The molecule has 0 saturated carbocycles. The van der Waals surface area contributed by atoms with E-state index in [1.807, 2.05) is 71.6 Å². The summed E-state index contributed by atoms with van der Waals surface area (Å²) in [7, 11) is 7.19. The van der Waals surface area contributed by atoms with Crippen LogP contribution >= 0.6 is 0 Å². The number of methoxy groups -OCH3 is 1. The van der Waals surface area contributed by atoms with Crippen molar-refractivity contribution in [3.8, 4) is 5.75 Å². The quantitative estimate of drug-likeness (QED) is 0.118. The van der Waals surface area contributed by atoms with E-state index in [2.05, 4.69) is 0 Å². The molecule has 5 N–H and O–H groups in total. The minimum absolute atomic E-state index is 0.162. The van der Waals surface area contributed by atoms with E-state index in [4.69, 9.17) is 42.6 Å². The number of nitrogens with zero attached hydrogens (tertiary/aromatic N) is 3. The minimum Gasteiger partial charge on any atom is -0.490 e. The molecule has 75 heavy (non-hydrogen) atoms. The number of likely N-dealkylation sites (N-methyl/N-ethyl adjacent to an activating group) is 2. The van der Waals surface area contributed by atoms with E-state index in [0.717, 1.165) is 5.56 Å². The molecule has 0 aliphatic carbocycles. The number of aliphatic hydroxyl groups is 4. The molecule has 2 aromatic rings. The lowest BCUT2D eigenvalue weighted by atomic mass is 9.77. The average Bonchev–Trinajstić information content (AvgIpc) is 3.34. The van der Waals surface area contributed by atoms with Crippen molar-refractivity contribution in [1.82, 2.24) is 14.4 Å². The van der Waals surface area contributed by atoms with Gasteiger partial charge in [-0.05, 0) is 125 Å². The summed E-state index contributed by atoms with van der Waals surface area (Å²) in [6, 6.07) is 2.75. The second-order valence-corrected chi connectivity index (χ2v) is 22.9. The molecule has 0 unspecified atom stereocenters. The molecule has 5 heterocycles. The third kappa shape index (κ3) is 13.7. The van der Waals surface area contributed by atoms with Crippen LogP contribution in [0.2, 0.25) is 0 Å². The van der Waals surface area contributed by atoms with Crippen molar-refractivity contribution >= 4 is 22.8 Å². The van der Waals surface area contributed by atoms with Crippen LogP contribution in [0.4, 0.5) is 0 Å². The number of aryl methyl sites for hydroxylation is 1. The molecule has 18 atom stereocenters. The number of ether oxygens (including phenoxy) is 9. The lowest BCUT2D eigenvalue weighted by Gasteiger charge is -2.49. The zero-order valence-corrected chi connectivity index (χ0v) is 46.9. The van der Waals surface area contributed by atoms with E-state index < -0.39 is 107 Å². The van der Waals surface area contributed by atoms with Crippen LogP contribution < -0.4 is 10.2 Å². The van der Waals surface area contributed by atoms with Gasteiger partial charge >= 0.3 is 11.9 Å². The number of pyridine rings is 1. The third-order valence-electron chi connectivity index (χ3n) is 16.5. The molecule has 4 aliphatic heterocycles. The normalized spacial score (nSPS) is 38.7. The Morgan fingerprint density at radius 1 is 0.947 bits per heavy atom. The van der Waals surface area contributed by atoms with Crippen molar-refractivity contribution in [1.29, 1.82) is 0 Å². The number of carboxylic acid groups (broad SMARTS) is 1. The zero-order chi connectivity index (χ0) is 55.5. The Kier molecular flexibility index (Phi) is 20.4. The molecule has 4 aliphatic rings. The van der Waals surface area contributed by atoms with E-state index in [1.54, 1.807) is 45.4 Å². The van der Waals surface area contributed by atoms with Crippen molar-refractivity contribution in [2.75, 3.05) is 61.2 Å². The highest BCUT2D eigenvalue weighted by molar-refractivity contribution is 5.94. The molecule has 20 nitrogen and oxygen atoms in total. The van der Waals surface area contributed by atoms with Crippen LogP contribution in [0.25, 0.3) is 10.9 Å². The van der Waals surface area contributed by atoms with E-state index in [1.165, 1.54) is 13.1 Å². The Morgan fingerprint density at radius 3 is 2.31 bits per heavy atom. The number of carbonyl (C=O) groups excluding carboxylic acids is 1. The number of hydrogen-bond acceptors (Lipinski definition) is 18. The molecule has 3 fully saturated rings. The number of esters is 1. The van der Waals surface area contributed by atoms with E-state index in [9.17, 15) is 39.9 Å². The number of hydrogen-bond donors (Lipinski definition) is 5. The number of benzene rings is 1. The van der Waals surface area contributed by atoms with Crippen molar-refractivity contribution in [3.05, 3.63) is 39.7 Å². The fraction of sp³-hybridized carbons (Fsp3) is 0.800. The van der Waals surface area contributed by atoms with Crippen LogP contribution in [0.5, 0.6) is 5.75 Å². The first kappa shape index (κ1) is 60.9. The topological polar surface area (TPSA) is 247 Å². The van der Waals surface area contributed by atoms with Gasteiger partial charge in [0.15, 0.2) is 12.6 Å². The lowest BCUT2D eigenvalue weighted by Crippen LogP contribution is -2.61. The third-order valence-corrected chi connectivity index (χ3v) is 16.5. The van der Waals surface area contributed by atoms with Crippen molar-refractivity contribution in [3.63, 3.8) is 0 Å². The predicted octanol–water partition coefficient (Wildman–Crippen LogP) is 3.98. The number of cyclic esters (lactones) is 1. The Bertz CT molecular complexity index is 2290. The molecule has 3 saturated heterocycles. The summed E-state index contributed by atoms with van der Waals surface area (Å²) in [5.74, 6) is -3.46. The van der Waals surface area contributed by atoms with Crippen LogP contribution in [0.15, 0.2) is 23.1 Å². The minimum atomic E-state index is -1.84. The van der Waals surface area contributed by atoms with Crippen molar-refractivity contribution < 1.29 is 77.8 Å². The maximum Gasteiger partial charge on any atom is 0.341 e. The first-order chi connectivity index (χ1) is 35.1. The second-order valence-electron chi connectivity index (χ2n) is 22.9. The molecule has 426 valence electrons. The second kappa shape index (κ2) is 25.2. The van der Waals surface area contributed by atoms with Crippen molar-refractivity contribution in [2.24, 2.45) is 17.8 Å². The number of carboxylic acids is 1. The van der Waals surface area contributed by atoms with Gasteiger partial charge in [0.2, 0.25) is 5.43 Å². The molecular formula is C55H89N3O17. The maximum absolute atomic E-state index is 14.6. The van der Waals surface area contributed by atoms with Gasteiger partial charge < -0.3 is 82.5 Å². The predicted molar refractivity (Wildman–Crippen MR) is 278 cm³/mol. The summed E-state index contributed by atoms with van der Waals surface area (Å²) >= 11 is 0. The number of carbonyl (C=O) groups is 2. The molecule has 1 aromatic carbocycles. The largest absolute Gasteiger partial charge is 0.490 e. The molecular weight excluding hydrogens is 975 g/mol. The number of aromatic carboxylic acids is 1. The van der Waals surface area contributed by atoms with Gasteiger partial charge in [-0.3, -0.25) is 9.59 Å². The van der Waals surface area contributed by atoms with Gasteiger partial charge in [0.1, 0.15) is 47.9 Å². The summed E-state index contributed by atoms with van der Waals surface area (Å²) in [4.78, 5) is 43.4. The molecule has 6 rings (SSSR count). The highest BCUT2D eigenvalue weighted by Crippen LogP contribution is 2.41. The van der Waals surface area contributed by atoms with Gasteiger partial charge in [0.05, 0.1) is 72.2 Å².